The molecule has 31 heavy (non-hydrogen) atoms. The summed E-state index contributed by atoms with van der Waals surface area (Å²) < 4.78 is 11.0. The van der Waals surface area contributed by atoms with E-state index in [0.29, 0.717) is 32.8 Å². The van der Waals surface area contributed by atoms with E-state index >= 15 is 0 Å². The number of benzene rings is 3. The summed E-state index contributed by atoms with van der Waals surface area (Å²) in [6.07, 6.45) is 0. The first-order valence-electron chi connectivity index (χ1n) is 9.51. The Morgan fingerprint density at radius 2 is 1.58 bits per heavy atom. The number of anilines is 1. The number of ether oxygens (including phenoxy) is 2. The SMILES string of the molecule is Cc1ccc(C)c(OCC(=O)Oc2ccc(C(=O)Nc3cc(Cl)ccc3Cl)cc2)c1C. The largest absolute Gasteiger partial charge is 0.481 e. The summed E-state index contributed by atoms with van der Waals surface area (Å²) in [5.41, 5.74) is 3.81. The van der Waals surface area contributed by atoms with Gasteiger partial charge in [-0.2, -0.15) is 0 Å². The Morgan fingerprint density at radius 3 is 2.29 bits per heavy atom. The van der Waals surface area contributed by atoms with Crippen molar-refractivity contribution in [1.29, 1.82) is 0 Å². The van der Waals surface area contributed by atoms with E-state index in [4.69, 9.17) is 32.7 Å². The van der Waals surface area contributed by atoms with Gasteiger partial charge in [-0.25, -0.2) is 4.79 Å². The quantitative estimate of drug-likeness (QED) is 0.355. The molecule has 0 aliphatic rings. The Morgan fingerprint density at radius 1 is 0.903 bits per heavy atom. The third-order valence-electron chi connectivity index (χ3n) is 4.73. The van der Waals surface area contributed by atoms with Gasteiger partial charge < -0.3 is 14.8 Å². The topological polar surface area (TPSA) is 64.6 Å². The molecule has 7 heteroatoms. The maximum atomic E-state index is 12.4. The Balaban J connectivity index is 1.59. The number of hydrogen-bond donors (Lipinski definition) is 1. The maximum Gasteiger partial charge on any atom is 0.349 e. The Bertz CT molecular complexity index is 1130. The number of nitrogens with one attached hydrogen (secondary N) is 1. The summed E-state index contributed by atoms with van der Waals surface area (Å²) in [5.74, 6) is 0.0891. The van der Waals surface area contributed by atoms with Crippen molar-refractivity contribution in [3.8, 4) is 11.5 Å². The fraction of sp³-hybridized carbons (Fsp3) is 0.167. The summed E-state index contributed by atoms with van der Waals surface area (Å²) in [7, 11) is 0. The van der Waals surface area contributed by atoms with Crippen molar-refractivity contribution in [3.63, 3.8) is 0 Å². The Kier molecular flexibility index (Phi) is 7.21. The van der Waals surface area contributed by atoms with Crippen LogP contribution in [0, 0.1) is 20.8 Å². The van der Waals surface area contributed by atoms with Crippen LogP contribution < -0.4 is 14.8 Å². The molecule has 0 heterocycles. The fourth-order valence-corrected chi connectivity index (χ4v) is 3.24. The van der Waals surface area contributed by atoms with E-state index in [-0.39, 0.29) is 12.5 Å². The van der Waals surface area contributed by atoms with E-state index < -0.39 is 5.97 Å². The zero-order valence-corrected chi connectivity index (χ0v) is 18.8. The van der Waals surface area contributed by atoms with E-state index in [0.717, 1.165) is 16.7 Å². The van der Waals surface area contributed by atoms with E-state index in [1.165, 1.54) is 12.1 Å². The summed E-state index contributed by atoms with van der Waals surface area (Å²) in [6, 6.07) is 14.9. The van der Waals surface area contributed by atoms with Crippen LogP contribution in [0.3, 0.4) is 0 Å². The van der Waals surface area contributed by atoms with E-state index in [2.05, 4.69) is 5.32 Å². The number of rotatable bonds is 6. The second-order valence-electron chi connectivity index (χ2n) is 7.02. The lowest BCUT2D eigenvalue weighted by molar-refractivity contribution is -0.136. The Hall–Kier alpha value is -3.02. The average Bonchev–Trinajstić information content (AvgIpc) is 2.74. The standard InChI is InChI=1S/C24H21Cl2NO4/c1-14-4-5-15(2)23(16(14)3)30-13-22(28)31-19-9-6-17(7-10-19)24(29)27-21-12-18(25)8-11-20(21)26/h4-12H,13H2,1-3H3,(H,27,29). The molecular weight excluding hydrogens is 437 g/mol. The zero-order valence-electron chi connectivity index (χ0n) is 17.3. The van der Waals surface area contributed by atoms with E-state index in [9.17, 15) is 9.59 Å². The monoisotopic (exact) mass is 457 g/mol. The number of aryl methyl sites for hydroxylation is 2. The molecule has 0 spiro atoms. The molecule has 0 atom stereocenters. The maximum absolute atomic E-state index is 12.4. The highest BCUT2D eigenvalue weighted by atomic mass is 35.5. The van der Waals surface area contributed by atoms with Gasteiger partial charge in [-0.3, -0.25) is 4.79 Å². The molecule has 0 aliphatic heterocycles. The summed E-state index contributed by atoms with van der Waals surface area (Å²) in [5, 5.41) is 3.53. The number of halogens is 2. The van der Waals surface area contributed by atoms with Gasteiger partial charge in [-0.1, -0.05) is 35.3 Å². The summed E-state index contributed by atoms with van der Waals surface area (Å²) >= 11 is 12.0. The predicted octanol–water partition coefficient (Wildman–Crippen LogP) is 6.16. The van der Waals surface area contributed by atoms with Gasteiger partial charge in [-0.05, 0) is 79.9 Å². The van der Waals surface area contributed by atoms with Crippen LogP contribution in [0.1, 0.15) is 27.0 Å². The van der Waals surface area contributed by atoms with Crippen molar-refractivity contribution >= 4 is 40.8 Å². The van der Waals surface area contributed by atoms with Crippen LogP contribution in [0.15, 0.2) is 54.6 Å². The lowest BCUT2D eigenvalue weighted by Gasteiger charge is -2.13. The smallest absolute Gasteiger partial charge is 0.349 e. The molecule has 0 saturated heterocycles. The van der Waals surface area contributed by atoms with Crippen LogP contribution >= 0.6 is 23.2 Å². The molecule has 1 amide bonds. The predicted molar refractivity (Wildman–Crippen MR) is 123 cm³/mol. The van der Waals surface area contributed by atoms with Crippen LogP contribution in [0.25, 0.3) is 0 Å². The van der Waals surface area contributed by atoms with Gasteiger partial charge in [0.25, 0.3) is 5.91 Å². The van der Waals surface area contributed by atoms with Crippen LogP contribution in [0.5, 0.6) is 11.5 Å². The van der Waals surface area contributed by atoms with Crippen LogP contribution in [-0.2, 0) is 4.79 Å². The third-order valence-corrected chi connectivity index (χ3v) is 5.30. The lowest BCUT2D eigenvalue weighted by atomic mass is 10.1. The molecule has 3 aromatic rings. The minimum absolute atomic E-state index is 0.222. The van der Waals surface area contributed by atoms with E-state index in [1.807, 2.05) is 32.9 Å². The van der Waals surface area contributed by atoms with Crippen LogP contribution in [-0.4, -0.2) is 18.5 Å². The normalized spacial score (nSPS) is 10.5. The minimum Gasteiger partial charge on any atom is -0.481 e. The van der Waals surface area contributed by atoms with Gasteiger partial charge >= 0.3 is 5.97 Å². The third kappa shape index (κ3) is 5.78. The van der Waals surface area contributed by atoms with Gasteiger partial charge in [-0.15, -0.1) is 0 Å². The average molecular weight is 458 g/mol. The number of esters is 1. The van der Waals surface area contributed by atoms with Gasteiger partial charge in [0.1, 0.15) is 11.5 Å². The van der Waals surface area contributed by atoms with Gasteiger partial charge in [0.2, 0.25) is 0 Å². The van der Waals surface area contributed by atoms with E-state index in [1.54, 1.807) is 30.3 Å². The minimum atomic E-state index is -0.539. The molecule has 0 saturated carbocycles. The molecule has 5 nitrogen and oxygen atoms in total. The molecule has 0 bridgehead atoms. The zero-order chi connectivity index (χ0) is 22.5. The number of carbonyl (C=O) groups is 2. The molecular formula is C24H21Cl2NO4. The molecule has 3 rings (SSSR count). The molecule has 0 unspecified atom stereocenters. The van der Waals surface area contributed by atoms with Crippen LogP contribution in [0.4, 0.5) is 5.69 Å². The molecule has 0 radical (unpaired) electrons. The second kappa shape index (κ2) is 9.86. The fourth-order valence-electron chi connectivity index (χ4n) is 2.90. The Labute approximate surface area is 190 Å². The summed E-state index contributed by atoms with van der Waals surface area (Å²) in [4.78, 5) is 24.6. The van der Waals surface area contributed by atoms with Gasteiger partial charge in [0, 0.05) is 10.6 Å². The van der Waals surface area contributed by atoms with Crippen molar-refractivity contribution < 1.29 is 19.1 Å². The van der Waals surface area contributed by atoms with Gasteiger partial charge in [0.05, 0.1) is 10.7 Å². The molecule has 3 aromatic carbocycles. The summed E-state index contributed by atoms with van der Waals surface area (Å²) in [6.45, 7) is 5.63. The second-order valence-corrected chi connectivity index (χ2v) is 7.86. The van der Waals surface area contributed by atoms with Crippen LogP contribution in [0.2, 0.25) is 10.0 Å². The molecule has 0 aliphatic carbocycles. The van der Waals surface area contributed by atoms with Gasteiger partial charge in [0.15, 0.2) is 6.61 Å². The molecule has 0 aromatic heterocycles. The lowest BCUT2D eigenvalue weighted by Crippen LogP contribution is -2.18. The number of amides is 1. The molecule has 160 valence electrons. The number of hydrogen-bond acceptors (Lipinski definition) is 4. The highest BCUT2D eigenvalue weighted by molar-refractivity contribution is 6.35. The molecule has 0 fully saturated rings. The first kappa shape index (κ1) is 22.7. The molecule has 1 N–H and O–H groups in total. The van der Waals surface area contributed by atoms with Crippen molar-refractivity contribution in [1.82, 2.24) is 0 Å². The first-order valence-corrected chi connectivity index (χ1v) is 10.3. The van der Waals surface area contributed by atoms with Crippen molar-refractivity contribution in [2.24, 2.45) is 0 Å². The first-order chi connectivity index (χ1) is 14.7. The van der Waals surface area contributed by atoms with Crippen molar-refractivity contribution in [2.45, 2.75) is 20.8 Å². The highest BCUT2D eigenvalue weighted by Gasteiger charge is 2.13. The van der Waals surface area contributed by atoms with Crippen molar-refractivity contribution in [3.05, 3.63) is 86.9 Å². The van der Waals surface area contributed by atoms with Crippen molar-refractivity contribution in [2.75, 3.05) is 11.9 Å². The number of carbonyl (C=O) groups excluding carboxylic acids is 2. The highest BCUT2D eigenvalue weighted by Crippen LogP contribution is 2.27.